The highest BCUT2D eigenvalue weighted by Crippen LogP contribution is 2.29. The van der Waals surface area contributed by atoms with Crippen LogP contribution in [0, 0.1) is 13.8 Å². The monoisotopic (exact) mass is 665 g/mol. The fourth-order valence-corrected chi connectivity index (χ4v) is 7.05. The highest BCUT2D eigenvalue weighted by atomic mass is 35.5. The molecule has 0 bridgehead atoms. The molecule has 10 heteroatoms. The van der Waals surface area contributed by atoms with E-state index in [0.717, 1.165) is 15.4 Å². The molecule has 0 aliphatic heterocycles. The van der Waals surface area contributed by atoms with Gasteiger partial charge in [0.2, 0.25) is 11.8 Å². The lowest BCUT2D eigenvalue weighted by Gasteiger charge is -2.34. The second kappa shape index (κ2) is 15.0. The second-order valence-electron chi connectivity index (χ2n) is 11.2. The Balaban J connectivity index is 1.84. The predicted molar refractivity (Wildman–Crippen MR) is 181 cm³/mol. The summed E-state index contributed by atoms with van der Waals surface area (Å²) in [5, 5.41) is 3.70. The van der Waals surface area contributed by atoms with Crippen LogP contribution >= 0.6 is 23.2 Å². The van der Waals surface area contributed by atoms with E-state index in [2.05, 4.69) is 5.32 Å². The lowest BCUT2D eigenvalue weighted by atomic mass is 10.0. The van der Waals surface area contributed by atoms with E-state index in [9.17, 15) is 18.0 Å². The maximum absolute atomic E-state index is 14.6. The van der Waals surface area contributed by atoms with Gasteiger partial charge in [0.15, 0.2) is 0 Å². The van der Waals surface area contributed by atoms with Crippen LogP contribution in [0.4, 0.5) is 5.69 Å². The van der Waals surface area contributed by atoms with Crippen molar-refractivity contribution in [1.82, 2.24) is 10.2 Å². The van der Waals surface area contributed by atoms with Gasteiger partial charge in [-0.05, 0) is 74.7 Å². The normalized spacial score (nSPS) is 12.1. The van der Waals surface area contributed by atoms with Crippen molar-refractivity contribution in [1.29, 1.82) is 0 Å². The minimum Gasteiger partial charge on any atom is -0.352 e. The summed E-state index contributed by atoms with van der Waals surface area (Å²) in [6.07, 6.45) is 0.200. The molecule has 0 saturated carbocycles. The van der Waals surface area contributed by atoms with Crippen molar-refractivity contribution >= 4 is 50.7 Å². The Morgan fingerprint density at radius 3 is 2.09 bits per heavy atom. The van der Waals surface area contributed by atoms with Crippen LogP contribution in [-0.2, 0) is 32.6 Å². The zero-order valence-corrected chi connectivity index (χ0v) is 28.0. The molecule has 1 atom stereocenters. The molecule has 0 aliphatic rings. The Labute approximate surface area is 275 Å². The molecule has 2 amide bonds. The summed E-state index contributed by atoms with van der Waals surface area (Å²) < 4.78 is 29.4. The average Bonchev–Trinajstić information content (AvgIpc) is 2.99. The van der Waals surface area contributed by atoms with Gasteiger partial charge in [0, 0.05) is 29.1 Å². The molecule has 1 N–H and O–H groups in total. The minimum absolute atomic E-state index is 0.0449. The molecule has 0 fully saturated rings. The summed E-state index contributed by atoms with van der Waals surface area (Å²) in [4.78, 5) is 29.8. The molecule has 0 spiro atoms. The fourth-order valence-electron chi connectivity index (χ4n) is 5.09. The molecule has 0 heterocycles. The molecule has 0 aromatic heterocycles. The van der Waals surface area contributed by atoms with Crippen molar-refractivity contribution in [2.45, 2.75) is 57.6 Å². The number of halogens is 2. The zero-order valence-electron chi connectivity index (χ0n) is 25.7. The molecule has 4 rings (SSSR count). The van der Waals surface area contributed by atoms with Gasteiger partial charge in [-0.3, -0.25) is 13.9 Å². The second-order valence-corrected chi connectivity index (χ2v) is 13.9. The Morgan fingerprint density at radius 2 is 1.49 bits per heavy atom. The van der Waals surface area contributed by atoms with Crippen LogP contribution in [0.5, 0.6) is 0 Å². The van der Waals surface area contributed by atoms with Crippen LogP contribution < -0.4 is 9.62 Å². The number of sulfonamides is 1. The van der Waals surface area contributed by atoms with Crippen LogP contribution in [0.1, 0.15) is 36.1 Å². The summed E-state index contributed by atoms with van der Waals surface area (Å²) in [5.74, 6) is -0.934. The summed E-state index contributed by atoms with van der Waals surface area (Å²) in [6.45, 7) is 6.80. The van der Waals surface area contributed by atoms with E-state index < -0.39 is 28.5 Å². The standard InChI is InChI=1S/C35H37Cl2N3O4S/c1-24(2)38-35(42)33(20-27-11-7-5-8-12-27)39(22-28-16-17-29(36)21-31(28)37)34(41)23-40(32-18-15-25(3)19-26(32)4)45(43,44)30-13-9-6-10-14-30/h5-19,21,24,33H,20,22-23H2,1-4H3,(H,38,42). The third-order valence-electron chi connectivity index (χ3n) is 7.29. The summed E-state index contributed by atoms with van der Waals surface area (Å²) >= 11 is 12.7. The Hall–Kier alpha value is -3.85. The van der Waals surface area contributed by atoms with E-state index in [4.69, 9.17) is 23.2 Å². The van der Waals surface area contributed by atoms with Crippen molar-refractivity contribution in [2.24, 2.45) is 0 Å². The fraction of sp³-hybridized carbons (Fsp3) is 0.257. The minimum atomic E-state index is -4.19. The molecular formula is C35H37Cl2N3O4S. The first kappa shape index (κ1) is 34.0. The summed E-state index contributed by atoms with van der Waals surface area (Å²) in [6, 6.07) is 26.5. The van der Waals surface area contributed by atoms with Crippen molar-refractivity contribution in [3.05, 3.63) is 129 Å². The van der Waals surface area contributed by atoms with E-state index in [1.165, 1.54) is 17.0 Å². The van der Waals surface area contributed by atoms with Crippen molar-refractivity contribution in [2.75, 3.05) is 10.8 Å². The average molecular weight is 667 g/mol. The number of anilines is 1. The predicted octanol–water partition coefficient (Wildman–Crippen LogP) is 6.97. The van der Waals surface area contributed by atoms with E-state index in [1.54, 1.807) is 55.5 Å². The Bertz CT molecular complexity index is 1750. The number of amides is 2. The SMILES string of the molecule is Cc1ccc(N(CC(=O)N(Cc2ccc(Cl)cc2Cl)C(Cc2ccccc2)C(=O)NC(C)C)S(=O)(=O)c2ccccc2)c(C)c1. The van der Waals surface area contributed by atoms with Crippen molar-refractivity contribution < 1.29 is 18.0 Å². The lowest BCUT2D eigenvalue weighted by Crippen LogP contribution is -2.54. The number of nitrogens with one attached hydrogen (secondary N) is 1. The van der Waals surface area contributed by atoms with Gasteiger partial charge in [0.05, 0.1) is 10.6 Å². The number of aryl methyl sites for hydroxylation is 2. The van der Waals surface area contributed by atoms with E-state index in [1.807, 2.05) is 57.2 Å². The number of hydrogen-bond acceptors (Lipinski definition) is 4. The third kappa shape index (κ3) is 8.66. The van der Waals surface area contributed by atoms with Crippen LogP contribution in [0.15, 0.2) is 102 Å². The molecule has 0 saturated heterocycles. The summed E-state index contributed by atoms with van der Waals surface area (Å²) in [5.41, 5.74) is 3.41. The molecule has 1 unspecified atom stereocenters. The van der Waals surface area contributed by atoms with E-state index in [-0.39, 0.29) is 29.8 Å². The van der Waals surface area contributed by atoms with Crippen molar-refractivity contribution in [3.63, 3.8) is 0 Å². The maximum atomic E-state index is 14.6. The van der Waals surface area contributed by atoms with E-state index in [0.29, 0.717) is 26.9 Å². The highest BCUT2D eigenvalue weighted by molar-refractivity contribution is 7.92. The lowest BCUT2D eigenvalue weighted by molar-refractivity contribution is -0.140. The first-order chi connectivity index (χ1) is 21.4. The van der Waals surface area contributed by atoms with Crippen LogP contribution in [0.2, 0.25) is 10.0 Å². The molecule has 236 valence electrons. The van der Waals surface area contributed by atoms with Gasteiger partial charge >= 0.3 is 0 Å². The van der Waals surface area contributed by atoms with Crippen molar-refractivity contribution in [3.8, 4) is 0 Å². The highest BCUT2D eigenvalue weighted by Gasteiger charge is 2.35. The molecule has 0 aliphatic carbocycles. The summed E-state index contributed by atoms with van der Waals surface area (Å²) in [7, 11) is -4.19. The van der Waals surface area contributed by atoms with Crippen LogP contribution in [0.3, 0.4) is 0 Å². The molecule has 4 aromatic rings. The number of hydrogen-bond donors (Lipinski definition) is 1. The Kier molecular flexibility index (Phi) is 11.3. The van der Waals surface area contributed by atoms with Crippen LogP contribution in [-0.4, -0.2) is 43.8 Å². The van der Waals surface area contributed by atoms with Gasteiger partial charge in [-0.15, -0.1) is 0 Å². The van der Waals surface area contributed by atoms with Gasteiger partial charge < -0.3 is 10.2 Å². The first-order valence-electron chi connectivity index (χ1n) is 14.6. The molecular weight excluding hydrogens is 629 g/mol. The number of nitrogens with zero attached hydrogens (tertiary/aromatic N) is 2. The zero-order chi connectivity index (χ0) is 32.7. The van der Waals surface area contributed by atoms with Gasteiger partial charge in [-0.2, -0.15) is 0 Å². The number of benzene rings is 4. The van der Waals surface area contributed by atoms with E-state index >= 15 is 0 Å². The van der Waals surface area contributed by atoms with Crippen LogP contribution in [0.25, 0.3) is 0 Å². The first-order valence-corrected chi connectivity index (χ1v) is 16.8. The molecule has 4 aromatic carbocycles. The maximum Gasteiger partial charge on any atom is 0.264 e. The smallest absolute Gasteiger partial charge is 0.264 e. The largest absolute Gasteiger partial charge is 0.352 e. The molecule has 7 nitrogen and oxygen atoms in total. The number of carbonyl (C=O) groups is 2. The Morgan fingerprint density at radius 1 is 0.844 bits per heavy atom. The topological polar surface area (TPSA) is 86.8 Å². The molecule has 45 heavy (non-hydrogen) atoms. The number of rotatable bonds is 12. The third-order valence-corrected chi connectivity index (χ3v) is 9.65. The van der Waals surface area contributed by atoms with Gasteiger partial charge in [0.25, 0.3) is 10.0 Å². The quantitative estimate of drug-likeness (QED) is 0.177. The van der Waals surface area contributed by atoms with Gasteiger partial charge in [-0.1, -0.05) is 95.5 Å². The molecule has 0 radical (unpaired) electrons. The van der Waals surface area contributed by atoms with Gasteiger partial charge in [0.1, 0.15) is 12.6 Å². The van der Waals surface area contributed by atoms with Gasteiger partial charge in [-0.25, -0.2) is 8.42 Å². The number of carbonyl (C=O) groups excluding carboxylic acids is 2.